The van der Waals surface area contributed by atoms with Crippen LogP contribution in [0.1, 0.15) is 25.8 Å². The third kappa shape index (κ3) is 3.26. The molecule has 1 aliphatic heterocycles. The van der Waals surface area contributed by atoms with E-state index in [1.807, 2.05) is 18.2 Å². The zero-order chi connectivity index (χ0) is 14.8. The Morgan fingerprint density at radius 3 is 2.70 bits per heavy atom. The standard InChI is InChI=1S/C14H17Cl2NO3/c1-13(2)19-8-7-14(20-13,17-12(18)9-15)10-5-3-4-6-11(10)16/h3-6H,7-9H2,1-2H3,(H,17,18). The molecular weight excluding hydrogens is 301 g/mol. The van der Waals surface area contributed by atoms with E-state index in [2.05, 4.69) is 5.32 Å². The molecule has 110 valence electrons. The molecule has 1 amide bonds. The van der Waals surface area contributed by atoms with E-state index in [-0.39, 0.29) is 11.8 Å². The van der Waals surface area contributed by atoms with Gasteiger partial charge >= 0.3 is 0 Å². The number of halogens is 2. The van der Waals surface area contributed by atoms with Crippen LogP contribution in [0.15, 0.2) is 24.3 Å². The number of carbonyl (C=O) groups excluding carboxylic acids is 1. The zero-order valence-electron chi connectivity index (χ0n) is 11.4. The van der Waals surface area contributed by atoms with Crippen LogP contribution in [0.3, 0.4) is 0 Å². The van der Waals surface area contributed by atoms with Gasteiger partial charge in [-0.05, 0) is 19.9 Å². The molecule has 0 saturated carbocycles. The SMILES string of the molecule is CC1(C)OCCC(NC(=O)CCl)(c2ccccc2Cl)O1. The molecule has 0 radical (unpaired) electrons. The van der Waals surface area contributed by atoms with Crippen LogP contribution in [-0.4, -0.2) is 24.2 Å². The highest BCUT2D eigenvalue weighted by atomic mass is 35.5. The molecule has 1 saturated heterocycles. The summed E-state index contributed by atoms with van der Waals surface area (Å²) in [5.41, 5.74) is -0.317. The van der Waals surface area contributed by atoms with Gasteiger partial charge in [0.25, 0.3) is 0 Å². The molecule has 1 aromatic carbocycles. The minimum Gasteiger partial charge on any atom is -0.350 e. The van der Waals surface area contributed by atoms with E-state index in [0.717, 1.165) is 0 Å². The van der Waals surface area contributed by atoms with Crippen molar-refractivity contribution in [2.75, 3.05) is 12.5 Å². The van der Waals surface area contributed by atoms with Crippen molar-refractivity contribution in [2.45, 2.75) is 31.8 Å². The van der Waals surface area contributed by atoms with Crippen molar-refractivity contribution in [2.24, 2.45) is 0 Å². The van der Waals surface area contributed by atoms with Gasteiger partial charge in [-0.25, -0.2) is 0 Å². The summed E-state index contributed by atoms with van der Waals surface area (Å²) in [7, 11) is 0. The van der Waals surface area contributed by atoms with Gasteiger partial charge in [-0.1, -0.05) is 29.8 Å². The van der Waals surface area contributed by atoms with Gasteiger partial charge < -0.3 is 14.8 Å². The Labute approximate surface area is 128 Å². The quantitative estimate of drug-likeness (QED) is 0.872. The van der Waals surface area contributed by atoms with E-state index in [0.29, 0.717) is 23.6 Å². The molecule has 1 aromatic rings. The topological polar surface area (TPSA) is 47.6 Å². The zero-order valence-corrected chi connectivity index (χ0v) is 12.9. The molecule has 0 aromatic heterocycles. The maximum atomic E-state index is 11.8. The van der Waals surface area contributed by atoms with Crippen molar-refractivity contribution in [1.29, 1.82) is 0 Å². The Morgan fingerprint density at radius 2 is 2.10 bits per heavy atom. The lowest BCUT2D eigenvalue weighted by atomic mass is 9.97. The van der Waals surface area contributed by atoms with Gasteiger partial charge in [0, 0.05) is 17.0 Å². The molecule has 1 unspecified atom stereocenters. The molecule has 0 spiro atoms. The molecule has 2 rings (SSSR count). The van der Waals surface area contributed by atoms with E-state index in [1.54, 1.807) is 19.9 Å². The second-order valence-electron chi connectivity index (χ2n) is 5.09. The summed E-state index contributed by atoms with van der Waals surface area (Å²) >= 11 is 11.9. The van der Waals surface area contributed by atoms with Gasteiger partial charge in [0.1, 0.15) is 5.88 Å². The molecule has 1 fully saturated rings. The van der Waals surface area contributed by atoms with Crippen molar-refractivity contribution in [3.63, 3.8) is 0 Å². The van der Waals surface area contributed by atoms with E-state index in [4.69, 9.17) is 32.7 Å². The average molecular weight is 318 g/mol. The first-order valence-corrected chi connectivity index (χ1v) is 7.26. The monoisotopic (exact) mass is 317 g/mol. The minimum atomic E-state index is -1.02. The van der Waals surface area contributed by atoms with Gasteiger partial charge in [-0.3, -0.25) is 4.79 Å². The van der Waals surface area contributed by atoms with Crippen LogP contribution in [0.2, 0.25) is 5.02 Å². The van der Waals surface area contributed by atoms with Gasteiger partial charge in [-0.15, -0.1) is 11.6 Å². The number of alkyl halides is 1. The summed E-state index contributed by atoms with van der Waals surface area (Å²) < 4.78 is 11.6. The minimum absolute atomic E-state index is 0.142. The second-order valence-corrected chi connectivity index (χ2v) is 5.76. The Morgan fingerprint density at radius 1 is 1.40 bits per heavy atom. The average Bonchev–Trinajstić information content (AvgIpc) is 2.37. The van der Waals surface area contributed by atoms with Crippen LogP contribution >= 0.6 is 23.2 Å². The molecule has 1 N–H and O–H groups in total. The summed E-state index contributed by atoms with van der Waals surface area (Å²) in [6.07, 6.45) is 0.461. The third-order valence-corrected chi connectivity index (χ3v) is 3.67. The smallest absolute Gasteiger partial charge is 0.237 e. The van der Waals surface area contributed by atoms with Crippen molar-refractivity contribution >= 4 is 29.1 Å². The maximum absolute atomic E-state index is 11.8. The summed E-state index contributed by atoms with van der Waals surface area (Å²) in [5, 5.41) is 3.37. The molecular formula is C14H17Cl2NO3. The molecule has 0 aliphatic carbocycles. The number of carbonyl (C=O) groups is 1. The Hall–Kier alpha value is -0.810. The normalized spacial score (nSPS) is 25.2. The fourth-order valence-corrected chi connectivity index (χ4v) is 2.69. The fraction of sp³-hybridized carbons (Fsp3) is 0.500. The highest BCUT2D eigenvalue weighted by Crippen LogP contribution is 2.39. The Balaban J connectivity index is 2.44. The van der Waals surface area contributed by atoms with Crippen LogP contribution in [0.4, 0.5) is 0 Å². The Bertz CT molecular complexity index is 507. The van der Waals surface area contributed by atoms with E-state index < -0.39 is 11.5 Å². The van der Waals surface area contributed by atoms with Crippen LogP contribution in [0.5, 0.6) is 0 Å². The van der Waals surface area contributed by atoms with Crippen molar-refractivity contribution in [3.05, 3.63) is 34.9 Å². The van der Waals surface area contributed by atoms with Crippen molar-refractivity contribution in [1.82, 2.24) is 5.32 Å². The molecule has 1 heterocycles. The van der Waals surface area contributed by atoms with Gasteiger partial charge in [0.15, 0.2) is 11.5 Å². The number of amides is 1. The second kappa shape index (κ2) is 5.90. The van der Waals surface area contributed by atoms with Gasteiger partial charge in [-0.2, -0.15) is 0 Å². The molecule has 0 bridgehead atoms. The van der Waals surface area contributed by atoms with Crippen LogP contribution in [-0.2, 0) is 20.0 Å². The van der Waals surface area contributed by atoms with Crippen LogP contribution in [0, 0.1) is 0 Å². The van der Waals surface area contributed by atoms with E-state index in [1.165, 1.54) is 0 Å². The summed E-state index contributed by atoms with van der Waals surface area (Å²) in [6.45, 7) is 4.04. The molecule has 1 aliphatic rings. The summed E-state index contributed by atoms with van der Waals surface area (Å²) in [5.74, 6) is -1.28. The first-order chi connectivity index (χ1) is 9.38. The first kappa shape index (κ1) is 15.6. The molecule has 1 atom stereocenters. The number of hydrogen-bond donors (Lipinski definition) is 1. The number of nitrogens with one attached hydrogen (secondary N) is 1. The lowest BCUT2D eigenvalue weighted by Crippen LogP contribution is -2.57. The highest BCUT2D eigenvalue weighted by Gasteiger charge is 2.45. The number of rotatable bonds is 3. The van der Waals surface area contributed by atoms with Crippen LogP contribution < -0.4 is 5.32 Å². The molecule has 20 heavy (non-hydrogen) atoms. The van der Waals surface area contributed by atoms with E-state index >= 15 is 0 Å². The summed E-state index contributed by atoms with van der Waals surface area (Å²) in [6, 6.07) is 7.27. The van der Waals surface area contributed by atoms with Gasteiger partial charge in [0.2, 0.25) is 5.91 Å². The molecule has 6 heteroatoms. The first-order valence-electron chi connectivity index (χ1n) is 6.35. The fourth-order valence-electron chi connectivity index (χ4n) is 2.33. The number of benzene rings is 1. The maximum Gasteiger partial charge on any atom is 0.237 e. The third-order valence-electron chi connectivity index (χ3n) is 3.10. The van der Waals surface area contributed by atoms with E-state index in [9.17, 15) is 4.79 Å². The van der Waals surface area contributed by atoms with Crippen LogP contribution in [0.25, 0.3) is 0 Å². The lowest BCUT2D eigenvalue weighted by Gasteiger charge is -2.45. The summed E-state index contributed by atoms with van der Waals surface area (Å²) in [4.78, 5) is 11.8. The Kier molecular flexibility index (Phi) is 4.59. The van der Waals surface area contributed by atoms with Gasteiger partial charge in [0.05, 0.1) is 6.61 Å². The largest absolute Gasteiger partial charge is 0.350 e. The van der Waals surface area contributed by atoms with Crippen molar-refractivity contribution < 1.29 is 14.3 Å². The molecule has 4 nitrogen and oxygen atoms in total. The number of ether oxygens (including phenoxy) is 2. The predicted molar refractivity (Wildman–Crippen MR) is 77.7 cm³/mol. The lowest BCUT2D eigenvalue weighted by molar-refractivity contribution is -0.322. The van der Waals surface area contributed by atoms with Crippen molar-refractivity contribution in [3.8, 4) is 0 Å². The predicted octanol–water partition coefficient (Wildman–Crippen LogP) is 3.02. The highest BCUT2D eigenvalue weighted by molar-refractivity contribution is 6.31. The number of hydrogen-bond acceptors (Lipinski definition) is 3.